The van der Waals surface area contributed by atoms with Crippen molar-refractivity contribution < 1.29 is 9.90 Å². The lowest BCUT2D eigenvalue weighted by Crippen LogP contribution is -2.51. The maximum Gasteiger partial charge on any atom is 0.237 e. The number of carbonyl (C=O) groups is 1. The van der Waals surface area contributed by atoms with Crippen molar-refractivity contribution in [2.24, 2.45) is 0 Å². The molecule has 0 radical (unpaired) electrons. The van der Waals surface area contributed by atoms with Crippen molar-refractivity contribution in [1.29, 1.82) is 0 Å². The molecule has 0 aromatic heterocycles. The molecule has 0 aromatic carbocycles. The molecule has 0 saturated carbocycles. The Kier molecular flexibility index (Phi) is 6.52. The molecule has 1 amide bonds. The van der Waals surface area contributed by atoms with Crippen LogP contribution in [-0.2, 0) is 4.79 Å². The fourth-order valence-corrected chi connectivity index (χ4v) is 2.71. The van der Waals surface area contributed by atoms with E-state index in [9.17, 15) is 9.90 Å². The van der Waals surface area contributed by atoms with Crippen LogP contribution in [0.5, 0.6) is 0 Å². The van der Waals surface area contributed by atoms with Crippen LogP contribution in [0.2, 0.25) is 0 Å². The molecule has 0 aromatic rings. The number of nitrogens with zero attached hydrogens (tertiary/aromatic N) is 1. The maximum atomic E-state index is 12.0. The summed E-state index contributed by atoms with van der Waals surface area (Å²) in [5, 5.41) is 12.2. The van der Waals surface area contributed by atoms with Crippen LogP contribution in [0.4, 0.5) is 0 Å². The molecule has 2 N–H and O–H groups in total. The van der Waals surface area contributed by atoms with Gasteiger partial charge < -0.3 is 10.4 Å². The molecule has 1 atom stereocenters. The average Bonchev–Trinajstić information content (AvgIpc) is 2.54. The lowest BCUT2D eigenvalue weighted by molar-refractivity contribution is -0.127. The van der Waals surface area contributed by atoms with Crippen molar-refractivity contribution >= 4 is 5.91 Å². The number of carbonyl (C=O) groups excluding carboxylic acids is 1. The molecule has 1 rings (SSSR count). The van der Waals surface area contributed by atoms with Crippen molar-refractivity contribution in [1.82, 2.24) is 10.2 Å². The predicted octanol–water partition coefficient (Wildman–Crippen LogP) is 1.14. The number of aliphatic hydroxyl groups is 1. The molecule has 1 aliphatic rings. The van der Waals surface area contributed by atoms with Crippen LogP contribution in [0.15, 0.2) is 0 Å². The third-order valence-electron chi connectivity index (χ3n) is 3.68. The Hall–Kier alpha value is -0.610. The second-order valence-electron chi connectivity index (χ2n) is 4.73. The highest BCUT2D eigenvalue weighted by Gasteiger charge is 2.30. The number of aliphatic hydroxyl groups excluding tert-OH is 1. The Balaban J connectivity index is 2.75. The van der Waals surface area contributed by atoms with Gasteiger partial charge in [0.15, 0.2) is 0 Å². The number of hydrogen-bond donors (Lipinski definition) is 2. The first-order valence-corrected chi connectivity index (χ1v) is 6.88. The van der Waals surface area contributed by atoms with Crippen LogP contribution in [0.3, 0.4) is 0 Å². The minimum absolute atomic E-state index is 0.0467. The van der Waals surface area contributed by atoms with E-state index in [0.717, 1.165) is 38.6 Å². The minimum atomic E-state index is -0.0467. The number of hydrogen-bond acceptors (Lipinski definition) is 3. The molecule has 4 heteroatoms. The summed E-state index contributed by atoms with van der Waals surface area (Å²) in [5.41, 5.74) is 0. The second-order valence-corrected chi connectivity index (χ2v) is 4.73. The van der Waals surface area contributed by atoms with E-state index in [1.54, 1.807) is 0 Å². The topological polar surface area (TPSA) is 52.6 Å². The summed E-state index contributed by atoms with van der Waals surface area (Å²) in [7, 11) is 0. The standard InChI is InChI=1S/C13H26N2O2/c1-3-11(4-2)15(9-10-16)12-7-5-6-8-14-13(12)17/h11-12,16H,3-10H2,1-2H3,(H,14,17). The fourth-order valence-electron chi connectivity index (χ4n) is 2.71. The Morgan fingerprint density at radius 2 is 2.12 bits per heavy atom. The largest absolute Gasteiger partial charge is 0.395 e. The van der Waals surface area contributed by atoms with Gasteiger partial charge in [-0.05, 0) is 32.1 Å². The lowest BCUT2D eigenvalue weighted by Gasteiger charge is -2.35. The molecule has 1 unspecified atom stereocenters. The van der Waals surface area contributed by atoms with Crippen molar-refractivity contribution in [2.75, 3.05) is 19.7 Å². The first-order valence-electron chi connectivity index (χ1n) is 6.88. The maximum absolute atomic E-state index is 12.0. The Morgan fingerprint density at radius 3 is 2.71 bits per heavy atom. The van der Waals surface area contributed by atoms with E-state index < -0.39 is 0 Å². The predicted molar refractivity (Wildman–Crippen MR) is 68.8 cm³/mol. The van der Waals surface area contributed by atoms with Crippen LogP contribution >= 0.6 is 0 Å². The van der Waals surface area contributed by atoms with Crippen LogP contribution in [0.25, 0.3) is 0 Å². The number of rotatable bonds is 6. The van der Waals surface area contributed by atoms with E-state index in [-0.39, 0.29) is 18.6 Å². The molecule has 1 fully saturated rings. The van der Waals surface area contributed by atoms with Gasteiger partial charge in [0.05, 0.1) is 12.6 Å². The van der Waals surface area contributed by atoms with Gasteiger partial charge in [-0.3, -0.25) is 9.69 Å². The molecule has 100 valence electrons. The summed E-state index contributed by atoms with van der Waals surface area (Å²) < 4.78 is 0. The summed E-state index contributed by atoms with van der Waals surface area (Å²) in [6.07, 6.45) is 5.13. The van der Waals surface area contributed by atoms with E-state index in [1.165, 1.54) is 0 Å². The van der Waals surface area contributed by atoms with E-state index in [2.05, 4.69) is 24.1 Å². The van der Waals surface area contributed by atoms with Crippen molar-refractivity contribution in [3.63, 3.8) is 0 Å². The molecule has 17 heavy (non-hydrogen) atoms. The Morgan fingerprint density at radius 1 is 1.41 bits per heavy atom. The zero-order valence-electron chi connectivity index (χ0n) is 11.1. The zero-order valence-corrected chi connectivity index (χ0v) is 11.1. The van der Waals surface area contributed by atoms with E-state index in [4.69, 9.17) is 0 Å². The van der Waals surface area contributed by atoms with Gasteiger partial charge in [0, 0.05) is 19.1 Å². The normalized spacial score (nSPS) is 21.7. The Bertz CT molecular complexity index is 229. The van der Waals surface area contributed by atoms with Crippen LogP contribution in [-0.4, -0.2) is 47.7 Å². The van der Waals surface area contributed by atoms with Gasteiger partial charge in [0.1, 0.15) is 0 Å². The van der Waals surface area contributed by atoms with Crippen molar-refractivity contribution in [3.8, 4) is 0 Å². The van der Waals surface area contributed by atoms with Crippen LogP contribution < -0.4 is 5.32 Å². The van der Waals surface area contributed by atoms with Gasteiger partial charge in [-0.1, -0.05) is 13.8 Å². The van der Waals surface area contributed by atoms with Gasteiger partial charge in [-0.2, -0.15) is 0 Å². The van der Waals surface area contributed by atoms with Crippen LogP contribution in [0, 0.1) is 0 Å². The first kappa shape index (κ1) is 14.5. The number of nitrogens with one attached hydrogen (secondary N) is 1. The highest BCUT2D eigenvalue weighted by atomic mass is 16.3. The van der Waals surface area contributed by atoms with E-state index in [1.807, 2.05) is 0 Å². The number of amides is 1. The summed E-state index contributed by atoms with van der Waals surface area (Å²) in [6, 6.07) is 0.352. The third-order valence-corrected chi connectivity index (χ3v) is 3.68. The lowest BCUT2D eigenvalue weighted by atomic mass is 10.0. The summed E-state index contributed by atoms with van der Waals surface area (Å²) >= 11 is 0. The van der Waals surface area contributed by atoms with Crippen molar-refractivity contribution in [3.05, 3.63) is 0 Å². The quantitative estimate of drug-likeness (QED) is 0.734. The van der Waals surface area contributed by atoms with Crippen molar-refractivity contribution in [2.45, 2.75) is 58.0 Å². The monoisotopic (exact) mass is 242 g/mol. The van der Waals surface area contributed by atoms with Crippen LogP contribution in [0.1, 0.15) is 46.0 Å². The third kappa shape index (κ3) is 3.96. The molecular weight excluding hydrogens is 216 g/mol. The minimum Gasteiger partial charge on any atom is -0.395 e. The summed E-state index contributed by atoms with van der Waals surface area (Å²) in [5.74, 6) is 0.142. The van der Waals surface area contributed by atoms with Gasteiger partial charge in [0.2, 0.25) is 5.91 Å². The molecule has 0 aliphatic carbocycles. The summed E-state index contributed by atoms with van der Waals surface area (Å²) in [4.78, 5) is 14.2. The highest BCUT2D eigenvalue weighted by Crippen LogP contribution is 2.18. The average molecular weight is 242 g/mol. The summed E-state index contributed by atoms with van der Waals surface area (Å²) in [6.45, 7) is 5.82. The molecule has 1 saturated heterocycles. The fraction of sp³-hybridized carbons (Fsp3) is 0.923. The van der Waals surface area contributed by atoms with Gasteiger partial charge in [0.25, 0.3) is 0 Å². The van der Waals surface area contributed by atoms with E-state index in [0.29, 0.717) is 12.6 Å². The zero-order chi connectivity index (χ0) is 12.7. The Labute approximate surface area is 104 Å². The SMILES string of the molecule is CCC(CC)N(CCO)C1CCCCNC1=O. The molecule has 1 heterocycles. The van der Waals surface area contributed by atoms with Gasteiger partial charge in [-0.15, -0.1) is 0 Å². The van der Waals surface area contributed by atoms with Gasteiger partial charge in [-0.25, -0.2) is 0 Å². The molecule has 1 aliphatic heterocycles. The van der Waals surface area contributed by atoms with Gasteiger partial charge >= 0.3 is 0 Å². The first-order chi connectivity index (χ1) is 8.24. The van der Waals surface area contributed by atoms with E-state index >= 15 is 0 Å². The second kappa shape index (κ2) is 7.67. The smallest absolute Gasteiger partial charge is 0.237 e. The molecular formula is C13H26N2O2. The molecule has 4 nitrogen and oxygen atoms in total. The highest BCUT2D eigenvalue weighted by molar-refractivity contribution is 5.82. The molecule has 0 spiro atoms. The molecule has 0 bridgehead atoms.